The second-order valence-corrected chi connectivity index (χ2v) is 4.62. The van der Waals surface area contributed by atoms with Gasteiger partial charge in [-0.2, -0.15) is 0 Å². The largest absolute Gasteiger partial charge is 0.340 e. The number of likely N-dealkylation sites (N-methyl/N-ethyl adjacent to an activating group) is 1. The van der Waals surface area contributed by atoms with Gasteiger partial charge in [-0.15, -0.1) is 0 Å². The Morgan fingerprint density at radius 3 is 2.61 bits per heavy atom. The molecule has 0 fully saturated rings. The summed E-state index contributed by atoms with van der Waals surface area (Å²) in [5, 5.41) is 3.20. The molecule has 0 saturated heterocycles. The van der Waals surface area contributed by atoms with E-state index in [1.165, 1.54) is 18.4 Å². The van der Waals surface area contributed by atoms with Crippen LogP contribution in [0.2, 0.25) is 0 Å². The van der Waals surface area contributed by atoms with Crippen LogP contribution in [-0.2, 0) is 11.3 Å². The van der Waals surface area contributed by atoms with Crippen LogP contribution in [0.4, 0.5) is 0 Å². The fourth-order valence-electron chi connectivity index (χ4n) is 1.78. The minimum absolute atomic E-state index is 0.148. The van der Waals surface area contributed by atoms with Crippen molar-refractivity contribution < 1.29 is 4.79 Å². The maximum absolute atomic E-state index is 11.8. The first-order chi connectivity index (χ1) is 8.74. The Balaban J connectivity index is 2.21. The lowest BCUT2D eigenvalue weighted by Crippen LogP contribution is -2.35. The van der Waals surface area contributed by atoms with Crippen molar-refractivity contribution in [1.82, 2.24) is 10.2 Å². The number of unbranched alkanes of at least 4 members (excludes halogenated alkanes) is 2. The summed E-state index contributed by atoms with van der Waals surface area (Å²) in [4.78, 5) is 13.6. The third-order valence-electron chi connectivity index (χ3n) is 2.92. The standard InChI is InChI=1S/C15H24N2O/c1-3-4-8-11-16-12-15(18)17(2)13-14-9-6-5-7-10-14/h5-7,9-10,16H,3-4,8,11-13H2,1-2H3. The van der Waals surface area contributed by atoms with E-state index in [2.05, 4.69) is 12.2 Å². The van der Waals surface area contributed by atoms with Crippen molar-refractivity contribution in [3.05, 3.63) is 35.9 Å². The summed E-state index contributed by atoms with van der Waals surface area (Å²) in [6, 6.07) is 10.1. The van der Waals surface area contributed by atoms with Gasteiger partial charge in [0.15, 0.2) is 0 Å². The van der Waals surface area contributed by atoms with Crippen LogP contribution in [0, 0.1) is 0 Å². The van der Waals surface area contributed by atoms with Crippen LogP contribution < -0.4 is 5.32 Å². The zero-order valence-corrected chi connectivity index (χ0v) is 11.5. The van der Waals surface area contributed by atoms with E-state index < -0.39 is 0 Å². The van der Waals surface area contributed by atoms with Gasteiger partial charge in [-0.1, -0.05) is 50.1 Å². The molecule has 3 heteroatoms. The van der Waals surface area contributed by atoms with Gasteiger partial charge in [0.25, 0.3) is 0 Å². The summed E-state index contributed by atoms with van der Waals surface area (Å²) in [6.45, 7) is 4.22. The van der Waals surface area contributed by atoms with Crippen molar-refractivity contribution in [1.29, 1.82) is 0 Å². The molecule has 0 atom stereocenters. The van der Waals surface area contributed by atoms with Crippen LogP contribution in [0.15, 0.2) is 30.3 Å². The summed E-state index contributed by atoms with van der Waals surface area (Å²) in [6.07, 6.45) is 3.58. The highest BCUT2D eigenvalue weighted by Crippen LogP contribution is 2.02. The Labute approximate surface area is 110 Å². The van der Waals surface area contributed by atoms with Crippen molar-refractivity contribution in [3.8, 4) is 0 Å². The number of nitrogens with zero attached hydrogens (tertiary/aromatic N) is 1. The quantitative estimate of drug-likeness (QED) is 0.717. The van der Waals surface area contributed by atoms with E-state index in [0.717, 1.165) is 13.0 Å². The first kappa shape index (κ1) is 14.7. The van der Waals surface area contributed by atoms with Crippen LogP contribution >= 0.6 is 0 Å². The van der Waals surface area contributed by atoms with Crippen LogP contribution in [0.5, 0.6) is 0 Å². The highest BCUT2D eigenvalue weighted by Gasteiger charge is 2.07. The SMILES string of the molecule is CCCCCNCC(=O)N(C)Cc1ccccc1. The summed E-state index contributed by atoms with van der Waals surface area (Å²) < 4.78 is 0. The molecule has 1 rings (SSSR count). The summed E-state index contributed by atoms with van der Waals surface area (Å²) in [5.74, 6) is 0.148. The fourth-order valence-corrected chi connectivity index (χ4v) is 1.78. The second-order valence-electron chi connectivity index (χ2n) is 4.62. The highest BCUT2D eigenvalue weighted by atomic mass is 16.2. The Morgan fingerprint density at radius 1 is 1.22 bits per heavy atom. The molecule has 0 aromatic heterocycles. The van der Waals surface area contributed by atoms with E-state index in [0.29, 0.717) is 13.1 Å². The first-order valence-electron chi connectivity index (χ1n) is 6.72. The van der Waals surface area contributed by atoms with Gasteiger partial charge >= 0.3 is 0 Å². The van der Waals surface area contributed by atoms with Crippen molar-refractivity contribution in [2.75, 3.05) is 20.1 Å². The summed E-state index contributed by atoms with van der Waals surface area (Å²) in [5.41, 5.74) is 1.17. The lowest BCUT2D eigenvalue weighted by atomic mass is 10.2. The summed E-state index contributed by atoms with van der Waals surface area (Å²) in [7, 11) is 1.85. The molecule has 1 aromatic rings. The lowest BCUT2D eigenvalue weighted by molar-refractivity contribution is -0.129. The minimum atomic E-state index is 0.148. The van der Waals surface area contributed by atoms with E-state index in [1.807, 2.05) is 37.4 Å². The smallest absolute Gasteiger partial charge is 0.236 e. The van der Waals surface area contributed by atoms with Gasteiger partial charge in [0, 0.05) is 13.6 Å². The summed E-state index contributed by atoms with van der Waals surface area (Å²) >= 11 is 0. The molecule has 1 aromatic carbocycles. The van der Waals surface area contributed by atoms with E-state index in [-0.39, 0.29) is 5.91 Å². The zero-order valence-electron chi connectivity index (χ0n) is 11.5. The van der Waals surface area contributed by atoms with E-state index in [9.17, 15) is 4.79 Å². The van der Waals surface area contributed by atoms with E-state index in [1.54, 1.807) is 4.90 Å². The molecule has 1 amide bonds. The van der Waals surface area contributed by atoms with Gasteiger partial charge in [0.2, 0.25) is 5.91 Å². The van der Waals surface area contributed by atoms with Crippen LogP contribution in [0.3, 0.4) is 0 Å². The Bertz CT molecular complexity index is 338. The van der Waals surface area contributed by atoms with Gasteiger partial charge in [0.05, 0.1) is 6.54 Å². The van der Waals surface area contributed by atoms with Crippen molar-refractivity contribution in [2.45, 2.75) is 32.7 Å². The normalized spacial score (nSPS) is 10.3. The third-order valence-corrected chi connectivity index (χ3v) is 2.92. The average molecular weight is 248 g/mol. The molecular weight excluding hydrogens is 224 g/mol. The Kier molecular flexibility index (Phi) is 7.11. The van der Waals surface area contributed by atoms with Crippen molar-refractivity contribution in [3.63, 3.8) is 0 Å². The van der Waals surface area contributed by atoms with Gasteiger partial charge in [0.1, 0.15) is 0 Å². The number of carbonyl (C=O) groups excluding carboxylic acids is 1. The van der Waals surface area contributed by atoms with E-state index >= 15 is 0 Å². The average Bonchev–Trinajstić information content (AvgIpc) is 2.39. The maximum atomic E-state index is 11.8. The first-order valence-corrected chi connectivity index (χ1v) is 6.72. The number of benzene rings is 1. The fraction of sp³-hybridized carbons (Fsp3) is 0.533. The zero-order chi connectivity index (χ0) is 13.2. The van der Waals surface area contributed by atoms with Crippen molar-refractivity contribution >= 4 is 5.91 Å². The number of amides is 1. The lowest BCUT2D eigenvalue weighted by Gasteiger charge is -2.17. The molecule has 0 radical (unpaired) electrons. The van der Waals surface area contributed by atoms with Gasteiger partial charge < -0.3 is 10.2 Å². The van der Waals surface area contributed by atoms with Gasteiger partial charge in [-0.25, -0.2) is 0 Å². The molecule has 0 bridgehead atoms. The van der Waals surface area contributed by atoms with E-state index in [4.69, 9.17) is 0 Å². The predicted molar refractivity (Wildman–Crippen MR) is 75.3 cm³/mol. The highest BCUT2D eigenvalue weighted by molar-refractivity contribution is 5.77. The molecule has 3 nitrogen and oxygen atoms in total. The number of carbonyl (C=O) groups is 1. The number of nitrogens with one attached hydrogen (secondary N) is 1. The second kappa shape index (κ2) is 8.70. The Morgan fingerprint density at radius 2 is 1.94 bits per heavy atom. The number of rotatable bonds is 8. The van der Waals surface area contributed by atoms with Crippen LogP contribution in [0.25, 0.3) is 0 Å². The Hall–Kier alpha value is -1.35. The number of hydrogen-bond donors (Lipinski definition) is 1. The van der Waals surface area contributed by atoms with Gasteiger partial charge in [-0.3, -0.25) is 4.79 Å². The van der Waals surface area contributed by atoms with Gasteiger partial charge in [-0.05, 0) is 18.5 Å². The predicted octanol–water partition coefficient (Wildman–Crippen LogP) is 2.42. The van der Waals surface area contributed by atoms with Crippen molar-refractivity contribution in [2.24, 2.45) is 0 Å². The topological polar surface area (TPSA) is 32.3 Å². The third kappa shape index (κ3) is 5.82. The molecule has 0 aliphatic heterocycles. The molecule has 0 saturated carbocycles. The molecule has 0 spiro atoms. The van der Waals surface area contributed by atoms with Crippen LogP contribution in [-0.4, -0.2) is 30.9 Å². The minimum Gasteiger partial charge on any atom is -0.340 e. The molecule has 0 aliphatic carbocycles. The monoisotopic (exact) mass is 248 g/mol. The maximum Gasteiger partial charge on any atom is 0.236 e. The number of hydrogen-bond acceptors (Lipinski definition) is 2. The molecule has 0 aliphatic rings. The molecule has 1 N–H and O–H groups in total. The molecule has 100 valence electrons. The molecule has 0 heterocycles. The molecule has 0 unspecified atom stereocenters. The van der Waals surface area contributed by atoms with Crippen LogP contribution in [0.1, 0.15) is 31.7 Å². The molecular formula is C15H24N2O. The molecule has 18 heavy (non-hydrogen) atoms.